The van der Waals surface area contributed by atoms with Gasteiger partial charge in [-0.15, -0.1) is 0 Å². The maximum absolute atomic E-state index is 4.10. The summed E-state index contributed by atoms with van der Waals surface area (Å²) < 4.78 is 0. The van der Waals surface area contributed by atoms with Crippen molar-refractivity contribution >= 4 is 0 Å². The topological polar surface area (TPSA) is 28.2 Å². The van der Waals surface area contributed by atoms with Gasteiger partial charge in [-0.25, -0.2) is 0 Å². The molecule has 0 radical (unpaired) electrons. The van der Waals surface area contributed by atoms with Gasteiger partial charge in [0.2, 0.25) is 0 Å². The molecule has 1 saturated carbocycles. The molecule has 126 valence electrons. The Kier molecular flexibility index (Phi) is 4.91. The fourth-order valence-electron chi connectivity index (χ4n) is 3.90. The van der Waals surface area contributed by atoms with Crippen LogP contribution in [0.2, 0.25) is 0 Å². The highest BCUT2D eigenvalue weighted by Gasteiger charge is 2.38. The summed E-state index contributed by atoms with van der Waals surface area (Å²) in [5.74, 6) is 1.59. The van der Waals surface area contributed by atoms with Gasteiger partial charge in [-0.3, -0.25) is 9.88 Å². The standard InChI is InChI=1S/C21H27N3/c1-2-4-19(5-3-1)20-14-21(20)23-15-17-8-12-24(13-9-17)16-18-6-10-22-11-7-18/h1-7,10-11,17,20-21,23H,8-9,12-16H2/t20-,21+/m0/s1. The van der Waals surface area contributed by atoms with E-state index in [1.165, 1.54) is 50.0 Å². The smallest absolute Gasteiger partial charge is 0.0271 e. The monoisotopic (exact) mass is 321 g/mol. The van der Waals surface area contributed by atoms with Crippen LogP contribution in [0.15, 0.2) is 54.9 Å². The van der Waals surface area contributed by atoms with E-state index in [9.17, 15) is 0 Å². The summed E-state index contributed by atoms with van der Waals surface area (Å²) in [6.07, 6.45) is 7.74. The quantitative estimate of drug-likeness (QED) is 0.883. The Morgan fingerprint density at radius 2 is 1.75 bits per heavy atom. The Bertz CT molecular complexity index is 620. The first-order chi connectivity index (χ1) is 11.9. The maximum atomic E-state index is 4.10. The molecule has 2 fully saturated rings. The van der Waals surface area contributed by atoms with Gasteiger partial charge >= 0.3 is 0 Å². The third-order valence-corrected chi connectivity index (χ3v) is 5.55. The van der Waals surface area contributed by atoms with Gasteiger partial charge in [0.1, 0.15) is 0 Å². The summed E-state index contributed by atoms with van der Waals surface area (Å²) in [6, 6.07) is 15.9. The van der Waals surface area contributed by atoms with Gasteiger partial charge in [0, 0.05) is 30.9 Å². The number of likely N-dealkylation sites (tertiary alicyclic amines) is 1. The first kappa shape index (κ1) is 15.8. The highest BCUT2D eigenvalue weighted by Crippen LogP contribution is 2.40. The fraction of sp³-hybridized carbons (Fsp3) is 0.476. The van der Waals surface area contributed by atoms with Gasteiger partial charge < -0.3 is 5.32 Å². The van der Waals surface area contributed by atoms with Crippen molar-refractivity contribution in [3.8, 4) is 0 Å². The van der Waals surface area contributed by atoms with Crippen LogP contribution in [0.4, 0.5) is 0 Å². The molecular formula is C21H27N3. The number of piperidine rings is 1. The van der Waals surface area contributed by atoms with Gasteiger partial charge in [0.05, 0.1) is 0 Å². The first-order valence-electron chi connectivity index (χ1n) is 9.28. The summed E-state index contributed by atoms with van der Waals surface area (Å²) >= 11 is 0. The molecule has 1 saturated heterocycles. The van der Waals surface area contributed by atoms with E-state index in [1.807, 2.05) is 12.4 Å². The van der Waals surface area contributed by atoms with Crippen LogP contribution in [0.3, 0.4) is 0 Å². The number of nitrogens with zero attached hydrogens (tertiary/aromatic N) is 2. The lowest BCUT2D eigenvalue weighted by molar-refractivity contribution is 0.175. The van der Waals surface area contributed by atoms with Crippen LogP contribution >= 0.6 is 0 Å². The normalized spacial score (nSPS) is 24.8. The van der Waals surface area contributed by atoms with Gasteiger partial charge in [0.25, 0.3) is 0 Å². The maximum Gasteiger partial charge on any atom is 0.0271 e. The molecule has 24 heavy (non-hydrogen) atoms. The number of hydrogen-bond donors (Lipinski definition) is 1. The van der Waals surface area contributed by atoms with Gasteiger partial charge in [-0.2, -0.15) is 0 Å². The van der Waals surface area contributed by atoms with Crippen molar-refractivity contribution < 1.29 is 0 Å². The number of benzene rings is 1. The zero-order chi connectivity index (χ0) is 16.2. The molecule has 2 atom stereocenters. The SMILES string of the molecule is c1ccc([C@@H]2C[C@H]2NCC2CCN(Cc3ccncc3)CC2)cc1. The lowest BCUT2D eigenvalue weighted by Crippen LogP contribution is -2.37. The van der Waals surface area contributed by atoms with E-state index in [-0.39, 0.29) is 0 Å². The van der Waals surface area contributed by atoms with Crippen LogP contribution in [0, 0.1) is 5.92 Å². The molecule has 1 aromatic carbocycles. The molecule has 2 heterocycles. The zero-order valence-electron chi connectivity index (χ0n) is 14.3. The highest BCUT2D eigenvalue weighted by atomic mass is 15.1. The van der Waals surface area contributed by atoms with E-state index >= 15 is 0 Å². The fourth-order valence-corrected chi connectivity index (χ4v) is 3.90. The number of pyridine rings is 1. The third kappa shape index (κ3) is 4.03. The molecule has 3 heteroatoms. The molecule has 4 rings (SSSR count). The lowest BCUT2D eigenvalue weighted by Gasteiger charge is -2.32. The van der Waals surface area contributed by atoms with Crippen LogP contribution < -0.4 is 5.32 Å². The van der Waals surface area contributed by atoms with E-state index in [1.54, 1.807) is 0 Å². The van der Waals surface area contributed by atoms with Crippen LogP contribution in [0.1, 0.15) is 36.3 Å². The largest absolute Gasteiger partial charge is 0.313 e. The predicted octanol–water partition coefficient (Wildman–Crippen LogP) is 3.44. The zero-order valence-corrected chi connectivity index (χ0v) is 14.3. The minimum absolute atomic E-state index is 0.710. The Labute approximate surface area is 145 Å². The van der Waals surface area contributed by atoms with Gasteiger partial charge in [-0.05, 0) is 68.1 Å². The predicted molar refractivity (Wildman–Crippen MR) is 97.8 cm³/mol. The average molecular weight is 321 g/mol. The summed E-state index contributed by atoms with van der Waals surface area (Å²) in [5, 5.41) is 3.81. The van der Waals surface area contributed by atoms with E-state index < -0.39 is 0 Å². The average Bonchev–Trinajstić information content (AvgIpc) is 3.43. The molecule has 3 nitrogen and oxygen atoms in total. The van der Waals surface area contributed by atoms with Crippen molar-refractivity contribution in [2.24, 2.45) is 5.92 Å². The Hall–Kier alpha value is -1.71. The second kappa shape index (κ2) is 7.45. The molecule has 2 aliphatic rings. The summed E-state index contributed by atoms with van der Waals surface area (Å²) in [4.78, 5) is 6.68. The summed E-state index contributed by atoms with van der Waals surface area (Å²) in [5.41, 5.74) is 2.88. The van der Waals surface area contributed by atoms with Crippen LogP contribution in [-0.2, 0) is 6.54 Å². The summed E-state index contributed by atoms with van der Waals surface area (Å²) in [6.45, 7) is 4.71. The minimum Gasteiger partial charge on any atom is -0.313 e. The van der Waals surface area contributed by atoms with Crippen LogP contribution in [-0.4, -0.2) is 35.6 Å². The molecule has 2 aromatic rings. The van der Waals surface area contributed by atoms with E-state index in [2.05, 4.69) is 57.7 Å². The number of aromatic nitrogens is 1. The summed E-state index contributed by atoms with van der Waals surface area (Å²) in [7, 11) is 0. The van der Waals surface area contributed by atoms with E-state index in [0.717, 1.165) is 18.4 Å². The Morgan fingerprint density at radius 3 is 2.50 bits per heavy atom. The first-order valence-corrected chi connectivity index (χ1v) is 9.28. The van der Waals surface area contributed by atoms with Gasteiger partial charge in [0.15, 0.2) is 0 Å². The van der Waals surface area contributed by atoms with Crippen LogP contribution in [0.5, 0.6) is 0 Å². The van der Waals surface area contributed by atoms with Crippen molar-refractivity contribution in [3.63, 3.8) is 0 Å². The van der Waals surface area contributed by atoms with Gasteiger partial charge in [-0.1, -0.05) is 30.3 Å². The van der Waals surface area contributed by atoms with Crippen molar-refractivity contribution in [2.75, 3.05) is 19.6 Å². The van der Waals surface area contributed by atoms with E-state index in [4.69, 9.17) is 0 Å². The highest BCUT2D eigenvalue weighted by molar-refractivity contribution is 5.27. The second-order valence-electron chi connectivity index (χ2n) is 7.34. The number of hydrogen-bond acceptors (Lipinski definition) is 3. The van der Waals surface area contributed by atoms with Crippen LogP contribution in [0.25, 0.3) is 0 Å². The molecule has 0 unspecified atom stereocenters. The second-order valence-corrected chi connectivity index (χ2v) is 7.34. The van der Waals surface area contributed by atoms with E-state index in [0.29, 0.717) is 6.04 Å². The molecule has 1 aliphatic carbocycles. The molecule has 1 aliphatic heterocycles. The van der Waals surface area contributed by atoms with Crippen molar-refractivity contribution in [3.05, 3.63) is 66.0 Å². The molecule has 0 spiro atoms. The molecule has 1 aromatic heterocycles. The van der Waals surface area contributed by atoms with Crippen molar-refractivity contribution in [1.82, 2.24) is 15.2 Å². The molecule has 0 amide bonds. The lowest BCUT2D eigenvalue weighted by atomic mass is 9.96. The molecule has 1 N–H and O–H groups in total. The number of rotatable bonds is 6. The van der Waals surface area contributed by atoms with Crippen molar-refractivity contribution in [1.29, 1.82) is 0 Å². The minimum atomic E-state index is 0.710. The molecular weight excluding hydrogens is 294 g/mol. The Morgan fingerprint density at radius 1 is 1.00 bits per heavy atom. The van der Waals surface area contributed by atoms with Crippen molar-refractivity contribution in [2.45, 2.75) is 37.8 Å². The Balaban J connectivity index is 1.17. The third-order valence-electron chi connectivity index (χ3n) is 5.55. The number of nitrogens with one attached hydrogen (secondary N) is 1. The molecule has 0 bridgehead atoms.